The third-order valence-corrected chi connectivity index (χ3v) is 3.42. The molecule has 3 aromatic rings. The molecule has 0 unspecified atom stereocenters. The summed E-state index contributed by atoms with van der Waals surface area (Å²) in [6, 6.07) is 25.2. The van der Waals surface area contributed by atoms with Crippen LogP contribution in [0.25, 0.3) is 0 Å². The van der Waals surface area contributed by atoms with Gasteiger partial charge in [0.1, 0.15) is 0 Å². The zero-order valence-electron chi connectivity index (χ0n) is 14.7. The first-order chi connectivity index (χ1) is 10.3. The summed E-state index contributed by atoms with van der Waals surface area (Å²) in [5.74, 6) is 0. The van der Waals surface area contributed by atoms with Gasteiger partial charge in [0, 0.05) is 32.7 Å². The van der Waals surface area contributed by atoms with Gasteiger partial charge in [0.2, 0.25) is 0 Å². The van der Waals surface area contributed by atoms with E-state index in [1.165, 1.54) is 16.7 Å². The molecule has 0 aliphatic rings. The first-order valence-electron chi connectivity index (χ1n) is 7.91. The standard InChI is InChI=1S/3C7H9.2Y/c3*1-2-7-5-3-4-6-7;;/h3*3-6H,2H2,1H3;;/q3*-1;;+3. The normalized spacial score (nSPS) is 8.48. The molecule has 0 spiro atoms. The van der Waals surface area contributed by atoms with Crippen LogP contribution in [0.1, 0.15) is 37.5 Å². The van der Waals surface area contributed by atoms with E-state index >= 15 is 0 Å². The van der Waals surface area contributed by atoms with E-state index in [2.05, 4.69) is 93.6 Å². The molecule has 0 atom stereocenters. The van der Waals surface area contributed by atoms with Gasteiger partial charge in [0.05, 0.1) is 0 Å². The quantitative estimate of drug-likeness (QED) is 0.430. The Kier molecular flexibility index (Phi) is 18.9. The van der Waals surface area contributed by atoms with Crippen molar-refractivity contribution >= 4 is 0 Å². The van der Waals surface area contributed by atoms with Crippen molar-refractivity contribution in [3.63, 3.8) is 0 Å². The van der Waals surface area contributed by atoms with Crippen LogP contribution in [0, 0.1) is 0 Å². The van der Waals surface area contributed by atoms with Crippen LogP contribution in [0.3, 0.4) is 0 Å². The summed E-state index contributed by atoms with van der Waals surface area (Å²) >= 11 is 0. The van der Waals surface area contributed by atoms with Crippen molar-refractivity contribution in [1.82, 2.24) is 0 Å². The second-order valence-corrected chi connectivity index (χ2v) is 4.94. The van der Waals surface area contributed by atoms with Crippen molar-refractivity contribution < 1.29 is 65.4 Å². The minimum Gasteiger partial charge on any atom is -0.213 e. The van der Waals surface area contributed by atoms with Gasteiger partial charge >= 0.3 is 32.7 Å². The Morgan fingerprint density at radius 2 is 0.652 bits per heavy atom. The maximum Gasteiger partial charge on any atom is 3.00 e. The van der Waals surface area contributed by atoms with Crippen molar-refractivity contribution in [1.29, 1.82) is 0 Å². The molecule has 3 rings (SSSR count). The first-order valence-corrected chi connectivity index (χ1v) is 7.91. The molecule has 0 saturated heterocycles. The summed E-state index contributed by atoms with van der Waals surface area (Å²) in [6.45, 7) is 6.49. The van der Waals surface area contributed by atoms with Gasteiger partial charge in [-0.2, -0.15) is 53.1 Å². The van der Waals surface area contributed by atoms with Gasteiger partial charge in [0.15, 0.2) is 0 Å². The van der Waals surface area contributed by atoms with Crippen molar-refractivity contribution in [2.75, 3.05) is 0 Å². The fraction of sp³-hybridized carbons (Fsp3) is 0.286. The number of rotatable bonds is 3. The molecule has 1 radical (unpaired) electrons. The average Bonchev–Trinajstić information content (AvgIpc) is 3.31. The maximum atomic E-state index is 2.16. The van der Waals surface area contributed by atoms with E-state index in [1.54, 1.807) is 0 Å². The van der Waals surface area contributed by atoms with E-state index in [0.29, 0.717) is 0 Å². The Morgan fingerprint density at radius 3 is 0.739 bits per heavy atom. The van der Waals surface area contributed by atoms with Gasteiger partial charge < -0.3 is 0 Å². The van der Waals surface area contributed by atoms with Crippen molar-refractivity contribution in [2.45, 2.75) is 40.0 Å². The van der Waals surface area contributed by atoms with E-state index in [-0.39, 0.29) is 65.4 Å². The second-order valence-electron chi connectivity index (χ2n) is 4.94. The molecule has 0 fully saturated rings. The van der Waals surface area contributed by atoms with Crippen LogP contribution in [0.15, 0.2) is 72.8 Å². The van der Waals surface area contributed by atoms with Crippen molar-refractivity contribution in [3.8, 4) is 0 Å². The smallest absolute Gasteiger partial charge is 0.213 e. The van der Waals surface area contributed by atoms with Gasteiger partial charge in [0.25, 0.3) is 0 Å². The maximum absolute atomic E-state index is 2.16. The summed E-state index contributed by atoms with van der Waals surface area (Å²) in [4.78, 5) is 0. The number of hydrogen-bond acceptors (Lipinski definition) is 0. The predicted molar refractivity (Wildman–Crippen MR) is 94.2 cm³/mol. The van der Waals surface area contributed by atoms with Crippen LogP contribution in [-0.4, -0.2) is 0 Å². The Balaban J connectivity index is 0. The molecule has 23 heavy (non-hydrogen) atoms. The second kappa shape index (κ2) is 17.1. The summed E-state index contributed by atoms with van der Waals surface area (Å²) < 4.78 is 0. The molecule has 0 heterocycles. The summed E-state index contributed by atoms with van der Waals surface area (Å²) in [6.07, 6.45) is 3.48. The summed E-state index contributed by atoms with van der Waals surface area (Å²) in [5, 5.41) is 0. The third kappa shape index (κ3) is 12.3. The fourth-order valence-corrected chi connectivity index (χ4v) is 1.95. The zero-order valence-corrected chi connectivity index (χ0v) is 20.4. The molecule has 117 valence electrons. The van der Waals surface area contributed by atoms with Crippen molar-refractivity contribution in [2.24, 2.45) is 0 Å². The Bertz CT molecular complexity index is 435. The summed E-state index contributed by atoms with van der Waals surface area (Å²) in [7, 11) is 0. The molecule has 0 bridgehead atoms. The van der Waals surface area contributed by atoms with Gasteiger partial charge in [-0.3, -0.25) is 0 Å². The molecular weight excluding hydrogens is 430 g/mol. The topological polar surface area (TPSA) is 0 Å². The molecule has 0 aromatic heterocycles. The van der Waals surface area contributed by atoms with E-state index < -0.39 is 0 Å². The van der Waals surface area contributed by atoms with Gasteiger partial charge in [-0.05, 0) is 0 Å². The minimum absolute atomic E-state index is 0. The van der Waals surface area contributed by atoms with Gasteiger partial charge in [-0.1, -0.05) is 40.0 Å². The predicted octanol–water partition coefficient (Wildman–Crippen LogP) is 5.90. The van der Waals surface area contributed by atoms with E-state index in [9.17, 15) is 0 Å². The van der Waals surface area contributed by atoms with Gasteiger partial charge in [-0.15, -0.1) is 0 Å². The van der Waals surface area contributed by atoms with Gasteiger partial charge in [-0.25, -0.2) is 36.4 Å². The minimum atomic E-state index is 0. The molecular formula is C21H27Y2. The molecule has 0 amide bonds. The average molecular weight is 457 g/mol. The largest absolute Gasteiger partial charge is 3.00 e. The van der Waals surface area contributed by atoms with E-state index in [1.807, 2.05) is 0 Å². The SMILES string of the molecule is CC[c-]1cccc1.CC[c-]1cccc1.CC[c-]1cccc1.[Y+3].[Y]. The Hall–Kier alpha value is 0.258. The van der Waals surface area contributed by atoms with E-state index in [0.717, 1.165) is 19.3 Å². The summed E-state index contributed by atoms with van der Waals surface area (Å²) in [5.41, 5.74) is 4.29. The number of aryl methyl sites for hydroxylation is 3. The van der Waals surface area contributed by atoms with Crippen LogP contribution < -0.4 is 0 Å². The van der Waals surface area contributed by atoms with Crippen molar-refractivity contribution in [3.05, 3.63) is 89.5 Å². The van der Waals surface area contributed by atoms with Crippen LogP contribution in [-0.2, 0) is 84.7 Å². The van der Waals surface area contributed by atoms with E-state index in [4.69, 9.17) is 0 Å². The monoisotopic (exact) mass is 457 g/mol. The van der Waals surface area contributed by atoms with Crippen LogP contribution in [0.5, 0.6) is 0 Å². The molecule has 3 aromatic carbocycles. The molecule has 0 N–H and O–H groups in total. The van der Waals surface area contributed by atoms with Crippen LogP contribution in [0.2, 0.25) is 0 Å². The Labute approximate surface area is 192 Å². The fourth-order valence-electron chi connectivity index (χ4n) is 1.95. The zero-order chi connectivity index (χ0) is 15.3. The van der Waals surface area contributed by atoms with Crippen LogP contribution in [0.4, 0.5) is 0 Å². The molecule has 2 heteroatoms. The number of hydrogen-bond donors (Lipinski definition) is 0. The van der Waals surface area contributed by atoms with Crippen LogP contribution >= 0.6 is 0 Å². The first kappa shape index (κ1) is 25.5. The molecule has 0 nitrogen and oxygen atoms in total. The molecule has 0 aliphatic carbocycles. The Morgan fingerprint density at radius 1 is 0.478 bits per heavy atom. The molecule has 0 aliphatic heterocycles. The third-order valence-electron chi connectivity index (χ3n) is 3.42. The molecule has 0 saturated carbocycles.